The van der Waals surface area contributed by atoms with Crippen molar-refractivity contribution in [2.45, 2.75) is 20.4 Å². The van der Waals surface area contributed by atoms with E-state index >= 15 is 0 Å². The molecule has 0 aliphatic carbocycles. The van der Waals surface area contributed by atoms with Crippen LogP contribution in [0.25, 0.3) is 0 Å². The average molecular weight is 259 g/mol. The molecule has 0 radical (unpaired) electrons. The van der Waals surface area contributed by atoms with Gasteiger partial charge < -0.3 is 10.1 Å². The first-order chi connectivity index (χ1) is 9.17. The highest BCUT2D eigenvalue weighted by Gasteiger charge is 2.00. The number of benzene rings is 2. The van der Waals surface area contributed by atoms with E-state index in [1.807, 2.05) is 44.2 Å². The van der Waals surface area contributed by atoms with Gasteiger partial charge in [-0.05, 0) is 55.3 Å². The zero-order chi connectivity index (χ0) is 13.7. The Hall–Kier alpha value is -2.03. The summed E-state index contributed by atoms with van der Waals surface area (Å²) in [5.41, 5.74) is 2.80. The number of halogens is 1. The minimum atomic E-state index is -0.217. The lowest BCUT2D eigenvalue weighted by Gasteiger charge is -2.09. The molecule has 2 aromatic rings. The Kier molecular flexibility index (Phi) is 4.39. The Morgan fingerprint density at radius 3 is 2.74 bits per heavy atom. The molecular formula is C16H18FNO. The van der Waals surface area contributed by atoms with Crippen molar-refractivity contribution in [1.82, 2.24) is 0 Å². The van der Waals surface area contributed by atoms with Crippen LogP contribution in [-0.2, 0) is 6.54 Å². The number of hydrogen-bond acceptors (Lipinski definition) is 2. The predicted octanol–water partition coefficient (Wildman–Crippen LogP) is 4.14. The summed E-state index contributed by atoms with van der Waals surface area (Å²) in [5.74, 6) is 0.641. The maximum atomic E-state index is 13.3. The Morgan fingerprint density at radius 2 is 2.00 bits per heavy atom. The minimum Gasteiger partial charge on any atom is -0.494 e. The van der Waals surface area contributed by atoms with E-state index in [0.717, 1.165) is 22.6 Å². The minimum absolute atomic E-state index is 0.217. The molecule has 3 heteroatoms. The summed E-state index contributed by atoms with van der Waals surface area (Å²) < 4.78 is 18.7. The van der Waals surface area contributed by atoms with Gasteiger partial charge in [-0.1, -0.05) is 12.1 Å². The van der Waals surface area contributed by atoms with Crippen LogP contribution >= 0.6 is 0 Å². The van der Waals surface area contributed by atoms with Crippen molar-refractivity contribution in [2.24, 2.45) is 0 Å². The Labute approximate surface area is 113 Å². The van der Waals surface area contributed by atoms with E-state index in [4.69, 9.17) is 4.74 Å². The first-order valence-corrected chi connectivity index (χ1v) is 6.40. The summed E-state index contributed by atoms with van der Waals surface area (Å²) in [6.07, 6.45) is 0. The molecule has 0 saturated carbocycles. The molecular weight excluding hydrogens is 241 g/mol. The lowest BCUT2D eigenvalue weighted by atomic mass is 10.2. The van der Waals surface area contributed by atoms with Crippen LogP contribution in [0.3, 0.4) is 0 Å². The first kappa shape index (κ1) is 13.4. The summed E-state index contributed by atoms with van der Waals surface area (Å²) >= 11 is 0. The number of ether oxygens (including phenoxy) is 1. The summed E-state index contributed by atoms with van der Waals surface area (Å²) in [7, 11) is 0. The molecule has 1 N–H and O–H groups in total. The van der Waals surface area contributed by atoms with Crippen molar-refractivity contribution in [3.05, 3.63) is 59.4 Å². The average Bonchev–Trinajstić information content (AvgIpc) is 2.36. The van der Waals surface area contributed by atoms with Crippen LogP contribution in [0.15, 0.2) is 42.5 Å². The molecule has 19 heavy (non-hydrogen) atoms. The van der Waals surface area contributed by atoms with Crippen molar-refractivity contribution in [3.63, 3.8) is 0 Å². The molecule has 0 bridgehead atoms. The van der Waals surface area contributed by atoms with Gasteiger partial charge in [-0.25, -0.2) is 4.39 Å². The van der Waals surface area contributed by atoms with E-state index < -0.39 is 0 Å². The highest BCUT2D eigenvalue weighted by Crippen LogP contribution is 2.17. The molecule has 0 atom stereocenters. The lowest BCUT2D eigenvalue weighted by molar-refractivity contribution is 0.340. The number of anilines is 1. The highest BCUT2D eigenvalue weighted by molar-refractivity contribution is 5.46. The molecule has 0 aromatic heterocycles. The van der Waals surface area contributed by atoms with Crippen LogP contribution in [0.2, 0.25) is 0 Å². The summed E-state index contributed by atoms with van der Waals surface area (Å²) in [6, 6.07) is 12.8. The maximum Gasteiger partial charge on any atom is 0.125 e. The first-order valence-electron chi connectivity index (χ1n) is 6.40. The van der Waals surface area contributed by atoms with Gasteiger partial charge in [0, 0.05) is 12.2 Å². The van der Waals surface area contributed by atoms with Gasteiger partial charge in [0.2, 0.25) is 0 Å². The second-order valence-corrected chi connectivity index (χ2v) is 4.45. The smallest absolute Gasteiger partial charge is 0.125 e. The zero-order valence-electron chi connectivity index (χ0n) is 11.2. The Balaban J connectivity index is 2.03. The van der Waals surface area contributed by atoms with Crippen molar-refractivity contribution in [1.29, 1.82) is 0 Å². The van der Waals surface area contributed by atoms with Gasteiger partial charge in [-0.2, -0.15) is 0 Å². The fourth-order valence-electron chi connectivity index (χ4n) is 1.95. The molecule has 0 aliphatic heterocycles. The van der Waals surface area contributed by atoms with Crippen molar-refractivity contribution in [3.8, 4) is 5.75 Å². The topological polar surface area (TPSA) is 21.3 Å². The molecule has 2 nitrogen and oxygen atoms in total. The van der Waals surface area contributed by atoms with Crippen molar-refractivity contribution < 1.29 is 9.13 Å². The van der Waals surface area contributed by atoms with Crippen LogP contribution in [-0.4, -0.2) is 6.61 Å². The largest absolute Gasteiger partial charge is 0.494 e. The molecule has 2 rings (SSSR count). The molecule has 100 valence electrons. The SMILES string of the molecule is CCOc1cccc(CNc2cc(C)cc(F)c2)c1. The van der Waals surface area contributed by atoms with Crippen LogP contribution in [0, 0.1) is 12.7 Å². The second kappa shape index (κ2) is 6.23. The molecule has 0 heterocycles. The standard InChI is InChI=1S/C16H18FNO/c1-3-19-16-6-4-5-13(9-16)11-18-15-8-12(2)7-14(17)10-15/h4-10,18H,3,11H2,1-2H3. The monoisotopic (exact) mass is 259 g/mol. The number of hydrogen-bond donors (Lipinski definition) is 1. The maximum absolute atomic E-state index is 13.3. The predicted molar refractivity (Wildman–Crippen MR) is 76.1 cm³/mol. The third-order valence-corrected chi connectivity index (χ3v) is 2.75. The van der Waals surface area contributed by atoms with E-state index in [2.05, 4.69) is 5.32 Å². The van der Waals surface area contributed by atoms with Gasteiger partial charge in [-0.15, -0.1) is 0 Å². The lowest BCUT2D eigenvalue weighted by Crippen LogP contribution is -2.01. The van der Waals surface area contributed by atoms with Gasteiger partial charge in [0.15, 0.2) is 0 Å². The van der Waals surface area contributed by atoms with Crippen LogP contribution in [0.1, 0.15) is 18.1 Å². The summed E-state index contributed by atoms with van der Waals surface area (Å²) in [4.78, 5) is 0. The van der Waals surface area contributed by atoms with E-state index in [0.29, 0.717) is 13.2 Å². The van der Waals surface area contributed by atoms with Gasteiger partial charge in [0.25, 0.3) is 0 Å². The molecule has 0 aliphatic rings. The third kappa shape index (κ3) is 3.98. The summed E-state index contributed by atoms with van der Waals surface area (Å²) in [6.45, 7) is 5.13. The molecule has 0 fully saturated rings. The van der Waals surface area contributed by atoms with Crippen LogP contribution < -0.4 is 10.1 Å². The van der Waals surface area contributed by atoms with Gasteiger partial charge in [-0.3, -0.25) is 0 Å². The van der Waals surface area contributed by atoms with Gasteiger partial charge in [0.1, 0.15) is 11.6 Å². The molecule has 0 amide bonds. The van der Waals surface area contributed by atoms with Gasteiger partial charge >= 0.3 is 0 Å². The van der Waals surface area contributed by atoms with Crippen molar-refractivity contribution in [2.75, 3.05) is 11.9 Å². The fraction of sp³-hybridized carbons (Fsp3) is 0.250. The van der Waals surface area contributed by atoms with Crippen LogP contribution in [0.5, 0.6) is 5.75 Å². The molecule has 0 spiro atoms. The van der Waals surface area contributed by atoms with Gasteiger partial charge in [0.05, 0.1) is 6.61 Å². The van der Waals surface area contributed by atoms with E-state index in [1.54, 1.807) is 0 Å². The normalized spacial score (nSPS) is 10.3. The van der Waals surface area contributed by atoms with E-state index in [1.165, 1.54) is 12.1 Å². The van der Waals surface area contributed by atoms with Crippen LogP contribution in [0.4, 0.5) is 10.1 Å². The molecule has 2 aromatic carbocycles. The van der Waals surface area contributed by atoms with E-state index in [9.17, 15) is 4.39 Å². The zero-order valence-corrected chi connectivity index (χ0v) is 11.2. The van der Waals surface area contributed by atoms with Crippen molar-refractivity contribution >= 4 is 5.69 Å². The molecule has 0 unspecified atom stereocenters. The molecule has 0 saturated heterocycles. The quantitative estimate of drug-likeness (QED) is 0.871. The number of rotatable bonds is 5. The third-order valence-electron chi connectivity index (χ3n) is 2.75. The van der Waals surface area contributed by atoms with E-state index in [-0.39, 0.29) is 5.82 Å². The Bertz CT molecular complexity index is 534. The second-order valence-electron chi connectivity index (χ2n) is 4.45. The number of nitrogens with one attached hydrogen (secondary N) is 1. The highest BCUT2D eigenvalue weighted by atomic mass is 19.1. The number of aryl methyl sites for hydroxylation is 1. The summed E-state index contributed by atoms with van der Waals surface area (Å²) in [5, 5.41) is 3.22. The Morgan fingerprint density at radius 1 is 1.16 bits per heavy atom. The fourth-order valence-corrected chi connectivity index (χ4v) is 1.95.